The van der Waals surface area contributed by atoms with Gasteiger partial charge in [0.05, 0.1) is 22.6 Å². The molecular weight excluding hydrogens is 396 g/mol. The van der Waals surface area contributed by atoms with Crippen molar-refractivity contribution in [1.29, 1.82) is 5.26 Å². The van der Waals surface area contributed by atoms with Gasteiger partial charge in [-0.1, -0.05) is 5.16 Å². The molecule has 0 saturated carbocycles. The van der Waals surface area contributed by atoms with E-state index in [4.69, 9.17) is 14.5 Å². The number of rotatable bonds is 8. The fourth-order valence-electron chi connectivity index (χ4n) is 2.08. The molecule has 0 bridgehead atoms. The van der Waals surface area contributed by atoms with Crippen LogP contribution in [0.3, 0.4) is 0 Å². The Balaban J connectivity index is 1.74. The highest BCUT2D eigenvalue weighted by Gasteiger charge is 2.21. The van der Waals surface area contributed by atoms with E-state index in [2.05, 4.69) is 15.8 Å². The molecule has 152 valence electrons. The van der Waals surface area contributed by atoms with Crippen LogP contribution in [0.2, 0.25) is 0 Å². The standard InChI is InChI=1S/C19H20N4O5S/c1-11-8-16(23-28-11)22-19(26)13(3)29-10-17(24)27-12(2)18(25)21-15-6-4-14(9-20)5-7-15/h4-8,12-13H,10H2,1-3H3,(H,21,25)(H,22,23,26)/t12-,13+/m1/s1. The Bertz CT molecular complexity index is 919. The number of carbonyl (C=O) groups is 3. The number of aromatic nitrogens is 1. The smallest absolute Gasteiger partial charge is 0.316 e. The molecule has 10 heteroatoms. The molecule has 2 atom stereocenters. The van der Waals surface area contributed by atoms with Gasteiger partial charge in [-0.25, -0.2) is 0 Å². The maximum atomic E-state index is 12.1. The highest BCUT2D eigenvalue weighted by molar-refractivity contribution is 8.01. The van der Waals surface area contributed by atoms with Gasteiger partial charge < -0.3 is 19.9 Å². The fraction of sp³-hybridized carbons (Fsp3) is 0.316. The van der Waals surface area contributed by atoms with Crippen molar-refractivity contribution >= 4 is 41.1 Å². The molecule has 2 amide bonds. The summed E-state index contributed by atoms with van der Waals surface area (Å²) in [5.74, 6) is -0.675. The van der Waals surface area contributed by atoms with Crippen LogP contribution in [0.1, 0.15) is 25.2 Å². The Labute approximate surface area is 171 Å². The number of hydrogen-bond acceptors (Lipinski definition) is 8. The zero-order valence-corrected chi connectivity index (χ0v) is 16.9. The number of esters is 1. The zero-order valence-electron chi connectivity index (χ0n) is 16.1. The minimum atomic E-state index is -1.01. The first-order chi connectivity index (χ1) is 13.8. The molecule has 2 rings (SSSR count). The quantitative estimate of drug-likeness (QED) is 0.627. The van der Waals surface area contributed by atoms with E-state index in [1.165, 1.54) is 6.92 Å². The van der Waals surface area contributed by atoms with E-state index in [-0.39, 0.29) is 11.7 Å². The second kappa shape index (κ2) is 10.3. The molecule has 2 N–H and O–H groups in total. The third-order valence-corrected chi connectivity index (χ3v) is 4.78. The van der Waals surface area contributed by atoms with Crippen LogP contribution in [-0.2, 0) is 19.1 Å². The number of nitriles is 1. The van der Waals surface area contributed by atoms with E-state index < -0.39 is 23.2 Å². The Morgan fingerprint density at radius 3 is 2.48 bits per heavy atom. The predicted octanol–water partition coefficient (Wildman–Crippen LogP) is 2.49. The topological polar surface area (TPSA) is 134 Å². The summed E-state index contributed by atoms with van der Waals surface area (Å²) in [6.45, 7) is 4.79. The Kier molecular flexibility index (Phi) is 7.79. The number of nitrogens with one attached hydrogen (secondary N) is 2. The summed E-state index contributed by atoms with van der Waals surface area (Å²) in [5.41, 5.74) is 0.955. The molecule has 2 aromatic rings. The van der Waals surface area contributed by atoms with Crippen LogP contribution in [-0.4, -0.2) is 40.0 Å². The monoisotopic (exact) mass is 416 g/mol. The molecule has 29 heavy (non-hydrogen) atoms. The van der Waals surface area contributed by atoms with Gasteiger partial charge in [0, 0.05) is 11.8 Å². The van der Waals surface area contributed by atoms with Crippen LogP contribution in [0.5, 0.6) is 0 Å². The van der Waals surface area contributed by atoms with Crippen molar-refractivity contribution in [3.05, 3.63) is 41.7 Å². The molecule has 0 unspecified atom stereocenters. The minimum absolute atomic E-state index is 0.0963. The highest BCUT2D eigenvalue weighted by Crippen LogP contribution is 2.15. The van der Waals surface area contributed by atoms with Gasteiger partial charge in [-0.2, -0.15) is 5.26 Å². The molecule has 0 radical (unpaired) electrons. The normalized spacial score (nSPS) is 12.3. The molecule has 0 saturated heterocycles. The first-order valence-electron chi connectivity index (χ1n) is 8.64. The number of aryl methyl sites for hydroxylation is 1. The van der Waals surface area contributed by atoms with Gasteiger partial charge in [-0.15, -0.1) is 11.8 Å². The summed E-state index contributed by atoms with van der Waals surface area (Å²) >= 11 is 1.07. The molecule has 0 fully saturated rings. The van der Waals surface area contributed by atoms with Gasteiger partial charge in [-0.05, 0) is 45.0 Å². The maximum absolute atomic E-state index is 12.1. The Hall–Kier alpha value is -3.32. The number of carbonyl (C=O) groups excluding carboxylic acids is 3. The molecule has 1 aromatic heterocycles. The van der Waals surface area contributed by atoms with E-state index in [9.17, 15) is 14.4 Å². The summed E-state index contributed by atoms with van der Waals surface area (Å²) < 4.78 is 9.96. The van der Waals surface area contributed by atoms with Gasteiger partial charge in [0.15, 0.2) is 11.9 Å². The third kappa shape index (κ3) is 6.97. The van der Waals surface area contributed by atoms with Crippen LogP contribution in [0.15, 0.2) is 34.9 Å². The first kappa shape index (κ1) is 22.0. The van der Waals surface area contributed by atoms with Crippen molar-refractivity contribution in [3.8, 4) is 6.07 Å². The van der Waals surface area contributed by atoms with Crippen molar-refractivity contribution in [1.82, 2.24) is 5.16 Å². The average Bonchev–Trinajstić information content (AvgIpc) is 3.11. The van der Waals surface area contributed by atoms with Crippen molar-refractivity contribution < 1.29 is 23.6 Å². The van der Waals surface area contributed by atoms with Gasteiger partial charge >= 0.3 is 5.97 Å². The van der Waals surface area contributed by atoms with E-state index in [1.807, 2.05) is 6.07 Å². The van der Waals surface area contributed by atoms with Crippen molar-refractivity contribution in [2.24, 2.45) is 0 Å². The predicted molar refractivity (Wildman–Crippen MR) is 107 cm³/mol. The van der Waals surface area contributed by atoms with Crippen LogP contribution in [0.25, 0.3) is 0 Å². The molecule has 1 aromatic carbocycles. The molecule has 0 spiro atoms. The van der Waals surface area contributed by atoms with Crippen LogP contribution in [0, 0.1) is 18.3 Å². The summed E-state index contributed by atoms with van der Waals surface area (Å²) in [6.07, 6.45) is -1.01. The van der Waals surface area contributed by atoms with Crippen molar-refractivity contribution in [2.75, 3.05) is 16.4 Å². The molecule has 0 aliphatic heterocycles. The Morgan fingerprint density at radius 1 is 1.21 bits per heavy atom. The number of amides is 2. The summed E-state index contributed by atoms with van der Waals surface area (Å²) in [5, 5.41) is 17.1. The van der Waals surface area contributed by atoms with E-state index in [1.54, 1.807) is 44.2 Å². The summed E-state index contributed by atoms with van der Waals surface area (Å²) in [6, 6.07) is 9.85. The number of ether oxygens (including phenoxy) is 1. The van der Waals surface area contributed by atoms with Crippen LogP contribution >= 0.6 is 11.8 Å². The van der Waals surface area contributed by atoms with Crippen molar-refractivity contribution in [2.45, 2.75) is 32.1 Å². The largest absolute Gasteiger partial charge is 0.452 e. The second-order valence-corrected chi connectivity index (χ2v) is 7.40. The van der Waals surface area contributed by atoms with Crippen LogP contribution < -0.4 is 10.6 Å². The Morgan fingerprint density at radius 2 is 1.90 bits per heavy atom. The highest BCUT2D eigenvalue weighted by atomic mass is 32.2. The molecule has 1 heterocycles. The SMILES string of the molecule is Cc1cc(NC(=O)[C@H](C)SCC(=O)O[C@H](C)C(=O)Nc2ccc(C#N)cc2)no1. The first-order valence-corrected chi connectivity index (χ1v) is 9.69. The van der Waals surface area contributed by atoms with E-state index in [0.29, 0.717) is 22.8 Å². The second-order valence-electron chi connectivity index (χ2n) is 6.08. The van der Waals surface area contributed by atoms with Crippen molar-refractivity contribution in [3.63, 3.8) is 0 Å². The lowest BCUT2D eigenvalue weighted by molar-refractivity contribution is -0.150. The summed E-state index contributed by atoms with van der Waals surface area (Å²) in [7, 11) is 0. The lowest BCUT2D eigenvalue weighted by Gasteiger charge is -2.14. The maximum Gasteiger partial charge on any atom is 0.316 e. The zero-order chi connectivity index (χ0) is 21.4. The van der Waals surface area contributed by atoms with Gasteiger partial charge in [-0.3, -0.25) is 14.4 Å². The minimum Gasteiger partial charge on any atom is -0.452 e. The molecular formula is C19H20N4O5S. The van der Waals surface area contributed by atoms with Gasteiger partial charge in [0.1, 0.15) is 5.76 Å². The van der Waals surface area contributed by atoms with E-state index >= 15 is 0 Å². The van der Waals surface area contributed by atoms with Gasteiger partial charge in [0.2, 0.25) is 5.91 Å². The number of nitrogens with zero attached hydrogens (tertiary/aromatic N) is 2. The number of anilines is 2. The van der Waals surface area contributed by atoms with Gasteiger partial charge in [0.25, 0.3) is 5.91 Å². The third-order valence-electron chi connectivity index (χ3n) is 3.66. The lowest BCUT2D eigenvalue weighted by atomic mass is 10.2. The fourth-order valence-corrected chi connectivity index (χ4v) is 2.74. The van der Waals surface area contributed by atoms with E-state index in [0.717, 1.165) is 11.8 Å². The molecule has 0 aliphatic rings. The number of thioether (sulfide) groups is 1. The average molecular weight is 416 g/mol. The molecule has 0 aliphatic carbocycles. The lowest BCUT2D eigenvalue weighted by Crippen LogP contribution is -2.31. The number of hydrogen-bond donors (Lipinski definition) is 2. The van der Waals surface area contributed by atoms with Crippen LogP contribution in [0.4, 0.5) is 11.5 Å². The number of benzene rings is 1. The summed E-state index contributed by atoms with van der Waals surface area (Å²) in [4.78, 5) is 36.1. The molecule has 9 nitrogen and oxygen atoms in total.